The maximum Gasteiger partial charge on any atom is 0.279 e. The molecule has 0 aliphatic carbocycles. The molecule has 6 rings (SSSR count). The van der Waals surface area contributed by atoms with E-state index in [1.54, 1.807) is 53.1 Å². The summed E-state index contributed by atoms with van der Waals surface area (Å²) in [6.07, 6.45) is 10.0. The van der Waals surface area contributed by atoms with E-state index in [2.05, 4.69) is 25.0 Å². The first kappa shape index (κ1) is 34.9. The van der Waals surface area contributed by atoms with Crippen LogP contribution in [-0.2, 0) is 28.2 Å². The van der Waals surface area contributed by atoms with Crippen LogP contribution in [0.4, 0.5) is 5.69 Å². The van der Waals surface area contributed by atoms with Crippen LogP contribution in [0.15, 0.2) is 107 Å². The molecule has 3 N–H and O–H groups in total. The van der Waals surface area contributed by atoms with E-state index >= 15 is 0 Å². The first-order valence-corrected chi connectivity index (χ1v) is 17.3. The number of aromatic nitrogens is 2. The molecular weight excluding hydrogens is 628 g/mol. The SMILES string of the molecule is CC(C)=CCC/C(C)=C/CN1C(=O)[C@@](O)([C@@H](C)/C=C/CC(=O)N2Cc3ccccc3C[C@H]2CO)c2cc(-n3[nH]c4ccccc4c3=O)ccc21. The van der Waals surface area contributed by atoms with Crippen LogP contribution in [0.25, 0.3) is 16.6 Å². The second-order valence-electron chi connectivity index (χ2n) is 13.8. The number of fused-ring (bicyclic) bond motifs is 3. The average molecular weight is 675 g/mol. The summed E-state index contributed by atoms with van der Waals surface area (Å²) in [5.41, 5.74) is 4.59. The number of nitrogens with zero attached hydrogens (tertiary/aromatic N) is 3. The highest BCUT2D eigenvalue weighted by Crippen LogP contribution is 2.46. The topological polar surface area (TPSA) is 119 Å². The van der Waals surface area contributed by atoms with Crippen LogP contribution in [-0.4, -0.2) is 55.9 Å². The third-order valence-corrected chi connectivity index (χ3v) is 10.1. The molecular formula is C41H46N4O5. The highest BCUT2D eigenvalue weighted by molar-refractivity contribution is 6.07. The van der Waals surface area contributed by atoms with Crippen molar-refractivity contribution in [3.8, 4) is 5.69 Å². The van der Waals surface area contributed by atoms with Crippen molar-refractivity contribution in [3.05, 3.63) is 129 Å². The molecule has 2 aliphatic heterocycles. The van der Waals surface area contributed by atoms with Crippen LogP contribution >= 0.6 is 0 Å². The Labute approximate surface area is 292 Å². The largest absolute Gasteiger partial charge is 0.394 e. The fourth-order valence-electron chi connectivity index (χ4n) is 7.11. The molecule has 9 nitrogen and oxygen atoms in total. The first-order chi connectivity index (χ1) is 24.0. The number of aliphatic hydroxyl groups excluding tert-OH is 1. The molecule has 0 bridgehead atoms. The molecule has 260 valence electrons. The van der Waals surface area contributed by atoms with E-state index in [4.69, 9.17) is 0 Å². The number of hydrogen-bond acceptors (Lipinski definition) is 5. The summed E-state index contributed by atoms with van der Waals surface area (Å²) in [6, 6.07) is 20.2. The highest BCUT2D eigenvalue weighted by atomic mass is 16.3. The normalized spacial score (nSPS) is 19.6. The van der Waals surface area contributed by atoms with Gasteiger partial charge < -0.3 is 20.0 Å². The number of carbonyl (C=O) groups excluding carboxylic acids is 2. The van der Waals surface area contributed by atoms with Crippen LogP contribution in [0, 0.1) is 5.92 Å². The lowest BCUT2D eigenvalue weighted by Gasteiger charge is -2.36. The summed E-state index contributed by atoms with van der Waals surface area (Å²) >= 11 is 0. The van der Waals surface area contributed by atoms with Crippen LogP contribution in [0.3, 0.4) is 0 Å². The van der Waals surface area contributed by atoms with Gasteiger partial charge in [0.25, 0.3) is 11.5 Å². The molecule has 3 heterocycles. The Morgan fingerprint density at radius 2 is 1.76 bits per heavy atom. The number of rotatable bonds is 11. The number of H-pyrrole nitrogens is 1. The number of benzene rings is 3. The standard InChI is InChI=1S/C41H46N4O5/c1-27(2)11-9-12-28(3)21-22-43-37-20-19-32(45-39(48)34-16-7-8-17-36(34)42-45)24-35(37)41(50,40(43)49)29(4)13-10-18-38(47)44-25-31-15-6-5-14-30(31)23-33(44)26-46/h5-8,10-11,13-17,19-21,24,29,33,42,46,50H,9,12,18,22-23,25-26H2,1-4H3/b13-10+,28-21+/t29-,33-,41+/m0/s1. The van der Waals surface area contributed by atoms with E-state index in [1.165, 1.54) is 10.3 Å². The smallest absolute Gasteiger partial charge is 0.279 e. The maximum atomic E-state index is 14.3. The van der Waals surface area contributed by atoms with Crippen molar-refractivity contribution in [2.45, 2.75) is 71.6 Å². The lowest BCUT2D eigenvalue weighted by Crippen LogP contribution is -2.46. The van der Waals surface area contributed by atoms with Crippen LogP contribution < -0.4 is 10.5 Å². The highest BCUT2D eigenvalue weighted by Gasteiger charge is 2.52. The van der Waals surface area contributed by atoms with Gasteiger partial charge in [-0.1, -0.05) is 78.8 Å². The zero-order valence-corrected chi connectivity index (χ0v) is 29.2. The molecule has 0 fully saturated rings. The van der Waals surface area contributed by atoms with Gasteiger partial charge in [0, 0.05) is 31.0 Å². The van der Waals surface area contributed by atoms with Gasteiger partial charge >= 0.3 is 0 Å². The first-order valence-electron chi connectivity index (χ1n) is 17.3. The van der Waals surface area contributed by atoms with Gasteiger partial charge in [0.1, 0.15) is 0 Å². The molecule has 1 aromatic heterocycles. The van der Waals surface area contributed by atoms with Crippen molar-refractivity contribution in [1.82, 2.24) is 14.7 Å². The average Bonchev–Trinajstić information content (AvgIpc) is 3.56. The van der Waals surface area contributed by atoms with Crippen molar-refractivity contribution < 1.29 is 19.8 Å². The Balaban J connectivity index is 1.29. The third kappa shape index (κ3) is 6.63. The minimum absolute atomic E-state index is 0.0575. The summed E-state index contributed by atoms with van der Waals surface area (Å²) in [5.74, 6) is -1.30. The summed E-state index contributed by atoms with van der Waals surface area (Å²) in [4.78, 5) is 44.3. The summed E-state index contributed by atoms with van der Waals surface area (Å²) in [6.45, 7) is 8.53. The lowest BCUT2D eigenvalue weighted by molar-refractivity contribution is -0.139. The van der Waals surface area contributed by atoms with Crippen molar-refractivity contribution in [3.63, 3.8) is 0 Å². The molecule has 50 heavy (non-hydrogen) atoms. The maximum absolute atomic E-state index is 14.3. The van der Waals surface area contributed by atoms with E-state index in [0.29, 0.717) is 40.8 Å². The molecule has 3 aromatic carbocycles. The monoisotopic (exact) mass is 674 g/mol. The summed E-state index contributed by atoms with van der Waals surface area (Å²) < 4.78 is 1.43. The van der Waals surface area contributed by atoms with E-state index in [1.807, 2.05) is 55.5 Å². The van der Waals surface area contributed by atoms with E-state index < -0.39 is 17.4 Å². The summed E-state index contributed by atoms with van der Waals surface area (Å²) in [7, 11) is 0. The Morgan fingerprint density at radius 1 is 1.02 bits per heavy atom. The number of para-hydroxylation sites is 1. The Bertz CT molecular complexity index is 2070. The molecule has 0 unspecified atom stereocenters. The predicted octanol–water partition coefficient (Wildman–Crippen LogP) is 6.07. The van der Waals surface area contributed by atoms with Gasteiger partial charge in [0.15, 0.2) is 5.60 Å². The Kier molecular flexibility index (Phi) is 10.1. The van der Waals surface area contributed by atoms with Gasteiger partial charge in [-0.25, -0.2) is 4.68 Å². The van der Waals surface area contributed by atoms with E-state index in [9.17, 15) is 24.6 Å². The summed E-state index contributed by atoms with van der Waals surface area (Å²) in [5, 5.41) is 26.2. The minimum atomic E-state index is -1.94. The quantitative estimate of drug-likeness (QED) is 0.167. The zero-order valence-electron chi connectivity index (χ0n) is 29.2. The number of allylic oxidation sites excluding steroid dienone is 3. The molecule has 0 spiro atoms. The fourth-order valence-corrected chi connectivity index (χ4v) is 7.11. The molecule has 0 saturated carbocycles. The van der Waals surface area contributed by atoms with Crippen molar-refractivity contribution in [2.75, 3.05) is 18.1 Å². The molecule has 2 amide bonds. The predicted molar refractivity (Wildman–Crippen MR) is 197 cm³/mol. The fraction of sp³-hybridized carbons (Fsp3) is 0.341. The second kappa shape index (κ2) is 14.5. The number of amides is 2. The van der Waals surface area contributed by atoms with Gasteiger partial charge in [-0.15, -0.1) is 0 Å². The van der Waals surface area contributed by atoms with Crippen molar-refractivity contribution >= 4 is 28.4 Å². The van der Waals surface area contributed by atoms with Crippen molar-refractivity contribution in [1.29, 1.82) is 0 Å². The number of aromatic amines is 1. The number of carbonyl (C=O) groups is 2. The van der Waals surface area contributed by atoms with Gasteiger partial charge in [0.05, 0.1) is 34.9 Å². The lowest BCUT2D eigenvalue weighted by atomic mass is 9.82. The van der Waals surface area contributed by atoms with Crippen LogP contribution in [0.1, 0.15) is 63.6 Å². The Morgan fingerprint density at radius 3 is 2.50 bits per heavy atom. The van der Waals surface area contributed by atoms with Gasteiger partial charge in [-0.3, -0.25) is 19.5 Å². The molecule has 0 saturated heterocycles. The minimum Gasteiger partial charge on any atom is -0.394 e. The van der Waals surface area contributed by atoms with Crippen LogP contribution in [0.5, 0.6) is 0 Å². The van der Waals surface area contributed by atoms with Crippen LogP contribution in [0.2, 0.25) is 0 Å². The molecule has 2 aliphatic rings. The second-order valence-corrected chi connectivity index (χ2v) is 13.8. The van der Waals surface area contributed by atoms with Crippen molar-refractivity contribution in [2.24, 2.45) is 5.92 Å². The molecule has 4 aromatic rings. The number of anilines is 1. The zero-order chi connectivity index (χ0) is 35.6. The van der Waals surface area contributed by atoms with Gasteiger partial charge in [-0.05, 0) is 81.5 Å². The van der Waals surface area contributed by atoms with E-state index in [-0.39, 0.29) is 37.1 Å². The van der Waals surface area contributed by atoms with Gasteiger partial charge in [0.2, 0.25) is 5.91 Å². The third-order valence-electron chi connectivity index (χ3n) is 10.1. The number of nitrogens with one attached hydrogen (secondary N) is 1. The van der Waals surface area contributed by atoms with Gasteiger partial charge in [-0.2, -0.15) is 0 Å². The number of aliphatic hydroxyl groups is 2. The molecule has 9 heteroatoms. The Hall–Kier alpha value is -4.99. The molecule has 0 radical (unpaired) electrons. The number of hydrogen-bond donors (Lipinski definition) is 3. The van der Waals surface area contributed by atoms with E-state index in [0.717, 1.165) is 29.5 Å². The molecule has 3 atom stereocenters.